The predicted molar refractivity (Wildman–Crippen MR) is 84.2 cm³/mol. The third-order valence-electron chi connectivity index (χ3n) is 3.45. The molecule has 0 bridgehead atoms. The van der Waals surface area contributed by atoms with Crippen LogP contribution in [0, 0.1) is 5.92 Å². The number of hydrogen-bond acceptors (Lipinski definition) is 3. The number of carbonyl (C=O) groups excluding carboxylic acids is 1. The van der Waals surface area contributed by atoms with Crippen molar-refractivity contribution >= 4 is 33.2 Å². The lowest BCUT2D eigenvalue weighted by Crippen LogP contribution is -2.39. The van der Waals surface area contributed by atoms with Crippen molar-refractivity contribution < 1.29 is 13.2 Å². The topological polar surface area (TPSA) is 66.5 Å². The van der Waals surface area contributed by atoms with E-state index in [0.29, 0.717) is 17.2 Å². The summed E-state index contributed by atoms with van der Waals surface area (Å²) < 4.78 is 24.7. The molecule has 7 heteroatoms. The van der Waals surface area contributed by atoms with Gasteiger partial charge in [0.15, 0.2) is 0 Å². The highest BCUT2D eigenvalue weighted by Gasteiger charge is 2.23. The first-order valence-electron chi connectivity index (χ1n) is 6.83. The summed E-state index contributed by atoms with van der Waals surface area (Å²) in [5, 5.41) is 0.256. The number of piperidine rings is 1. The van der Waals surface area contributed by atoms with Crippen molar-refractivity contribution in [3.8, 4) is 0 Å². The van der Waals surface area contributed by atoms with Crippen LogP contribution in [0.2, 0.25) is 5.02 Å². The third-order valence-corrected chi connectivity index (χ3v) is 4.37. The van der Waals surface area contributed by atoms with E-state index < -0.39 is 10.0 Å². The largest absolute Gasteiger partial charge is 0.338 e. The number of benzene rings is 1. The van der Waals surface area contributed by atoms with Crippen LogP contribution in [-0.2, 0) is 10.0 Å². The van der Waals surface area contributed by atoms with Crippen molar-refractivity contribution in [3.05, 3.63) is 28.8 Å². The molecule has 2 rings (SSSR count). The van der Waals surface area contributed by atoms with E-state index in [1.807, 2.05) is 0 Å². The fraction of sp³-hybridized carbons (Fsp3) is 0.500. The molecule has 21 heavy (non-hydrogen) atoms. The SMILES string of the molecule is C[C@@H]1CCCN(C(=O)c2ccc(NS(C)(=O)=O)cc2Cl)C1. The zero-order chi connectivity index (χ0) is 15.6. The molecule has 1 amide bonds. The van der Waals surface area contributed by atoms with Gasteiger partial charge in [-0.15, -0.1) is 0 Å². The van der Waals surface area contributed by atoms with Crippen LogP contribution in [0.25, 0.3) is 0 Å². The lowest BCUT2D eigenvalue weighted by atomic mass is 9.99. The van der Waals surface area contributed by atoms with Gasteiger partial charge < -0.3 is 4.90 Å². The Balaban J connectivity index is 2.18. The molecule has 0 spiro atoms. The Morgan fingerprint density at radius 1 is 1.43 bits per heavy atom. The molecule has 0 unspecified atom stereocenters. The number of carbonyl (C=O) groups is 1. The van der Waals surface area contributed by atoms with Gasteiger partial charge in [-0.25, -0.2) is 8.42 Å². The smallest absolute Gasteiger partial charge is 0.255 e. The quantitative estimate of drug-likeness (QED) is 0.926. The molecule has 116 valence electrons. The van der Waals surface area contributed by atoms with Gasteiger partial charge in [-0.05, 0) is 37.0 Å². The fourth-order valence-electron chi connectivity index (χ4n) is 2.51. The van der Waals surface area contributed by atoms with E-state index in [1.165, 1.54) is 6.07 Å². The molecule has 0 saturated carbocycles. The molecule has 1 aromatic rings. The monoisotopic (exact) mass is 330 g/mol. The molecule has 1 saturated heterocycles. The van der Waals surface area contributed by atoms with Crippen LogP contribution in [0.5, 0.6) is 0 Å². The van der Waals surface area contributed by atoms with Crippen molar-refractivity contribution in [1.29, 1.82) is 0 Å². The van der Waals surface area contributed by atoms with Gasteiger partial charge in [-0.2, -0.15) is 0 Å². The molecule has 1 aliphatic rings. The molecule has 1 N–H and O–H groups in total. The Bertz CT molecular complexity index is 646. The molecular formula is C14H19ClN2O3S. The fourth-order valence-corrected chi connectivity index (χ4v) is 3.33. The molecule has 5 nitrogen and oxygen atoms in total. The summed E-state index contributed by atoms with van der Waals surface area (Å²) in [4.78, 5) is 14.3. The zero-order valence-electron chi connectivity index (χ0n) is 12.1. The van der Waals surface area contributed by atoms with E-state index in [2.05, 4.69) is 11.6 Å². The minimum Gasteiger partial charge on any atom is -0.338 e. The van der Waals surface area contributed by atoms with Crippen LogP contribution in [0.1, 0.15) is 30.1 Å². The van der Waals surface area contributed by atoms with Gasteiger partial charge in [-0.1, -0.05) is 18.5 Å². The van der Waals surface area contributed by atoms with E-state index in [9.17, 15) is 13.2 Å². The highest BCUT2D eigenvalue weighted by atomic mass is 35.5. The second-order valence-electron chi connectivity index (χ2n) is 5.57. The number of anilines is 1. The number of likely N-dealkylation sites (tertiary alicyclic amines) is 1. The molecule has 0 radical (unpaired) electrons. The van der Waals surface area contributed by atoms with E-state index >= 15 is 0 Å². The number of rotatable bonds is 3. The van der Waals surface area contributed by atoms with Crippen LogP contribution in [0.4, 0.5) is 5.69 Å². The van der Waals surface area contributed by atoms with Gasteiger partial charge in [0.1, 0.15) is 0 Å². The molecular weight excluding hydrogens is 312 g/mol. The molecule has 1 aliphatic heterocycles. The lowest BCUT2D eigenvalue weighted by Gasteiger charge is -2.31. The maximum absolute atomic E-state index is 12.5. The first kappa shape index (κ1) is 16.1. The van der Waals surface area contributed by atoms with Crippen molar-refractivity contribution in [2.45, 2.75) is 19.8 Å². The second kappa shape index (κ2) is 6.23. The Labute approximate surface area is 130 Å². The van der Waals surface area contributed by atoms with Gasteiger partial charge in [0.25, 0.3) is 5.91 Å². The third kappa shape index (κ3) is 4.35. The molecule has 0 aliphatic carbocycles. The summed E-state index contributed by atoms with van der Waals surface area (Å²) >= 11 is 6.13. The van der Waals surface area contributed by atoms with Gasteiger partial charge in [0.2, 0.25) is 10.0 Å². The van der Waals surface area contributed by atoms with Crippen molar-refractivity contribution in [2.24, 2.45) is 5.92 Å². The van der Waals surface area contributed by atoms with Crippen LogP contribution >= 0.6 is 11.6 Å². The Hall–Kier alpha value is -1.27. The summed E-state index contributed by atoms with van der Waals surface area (Å²) in [6.07, 6.45) is 3.20. The molecule has 1 heterocycles. The average Bonchev–Trinajstić information content (AvgIpc) is 2.36. The molecule has 1 aromatic carbocycles. The van der Waals surface area contributed by atoms with Crippen LogP contribution < -0.4 is 4.72 Å². The van der Waals surface area contributed by atoms with E-state index in [1.54, 1.807) is 17.0 Å². The van der Waals surface area contributed by atoms with Crippen LogP contribution in [0.3, 0.4) is 0 Å². The second-order valence-corrected chi connectivity index (χ2v) is 7.72. The normalized spacial score (nSPS) is 19.4. The summed E-state index contributed by atoms with van der Waals surface area (Å²) in [6, 6.07) is 4.58. The summed E-state index contributed by atoms with van der Waals surface area (Å²) in [5.41, 5.74) is 0.760. The maximum atomic E-state index is 12.5. The van der Waals surface area contributed by atoms with E-state index in [-0.39, 0.29) is 10.9 Å². The van der Waals surface area contributed by atoms with Gasteiger partial charge in [0.05, 0.1) is 16.8 Å². The summed E-state index contributed by atoms with van der Waals surface area (Å²) in [7, 11) is -3.36. The van der Waals surface area contributed by atoms with Gasteiger partial charge >= 0.3 is 0 Å². The van der Waals surface area contributed by atoms with Gasteiger partial charge in [0, 0.05) is 18.8 Å². The van der Waals surface area contributed by atoms with Gasteiger partial charge in [-0.3, -0.25) is 9.52 Å². The van der Waals surface area contributed by atoms with E-state index in [0.717, 1.165) is 32.2 Å². The highest BCUT2D eigenvalue weighted by Crippen LogP contribution is 2.25. The van der Waals surface area contributed by atoms with Crippen LogP contribution in [0.15, 0.2) is 18.2 Å². The Morgan fingerprint density at radius 3 is 2.71 bits per heavy atom. The Kier molecular flexibility index (Phi) is 4.78. The van der Waals surface area contributed by atoms with Crippen molar-refractivity contribution in [3.63, 3.8) is 0 Å². The van der Waals surface area contributed by atoms with Crippen molar-refractivity contribution in [2.75, 3.05) is 24.1 Å². The number of halogens is 1. The first-order valence-corrected chi connectivity index (χ1v) is 9.10. The first-order chi connectivity index (χ1) is 9.76. The number of amides is 1. The lowest BCUT2D eigenvalue weighted by molar-refractivity contribution is 0.0683. The number of nitrogens with one attached hydrogen (secondary N) is 1. The average molecular weight is 331 g/mol. The predicted octanol–water partition coefficient (Wildman–Crippen LogP) is 2.58. The van der Waals surface area contributed by atoms with Crippen molar-refractivity contribution in [1.82, 2.24) is 4.90 Å². The molecule has 0 aromatic heterocycles. The zero-order valence-corrected chi connectivity index (χ0v) is 13.7. The minimum atomic E-state index is -3.36. The number of sulfonamides is 1. The Morgan fingerprint density at radius 2 is 2.14 bits per heavy atom. The number of hydrogen-bond donors (Lipinski definition) is 1. The molecule has 1 atom stereocenters. The molecule has 1 fully saturated rings. The highest BCUT2D eigenvalue weighted by molar-refractivity contribution is 7.92. The number of nitrogens with zero attached hydrogens (tertiary/aromatic N) is 1. The van der Waals surface area contributed by atoms with Crippen LogP contribution in [-0.4, -0.2) is 38.6 Å². The summed E-state index contributed by atoms with van der Waals surface area (Å²) in [6.45, 7) is 3.60. The minimum absolute atomic E-state index is 0.0996. The standard InChI is InChI=1S/C14H19ClN2O3S/c1-10-4-3-7-17(9-10)14(18)12-6-5-11(8-13(12)15)16-21(2,19)20/h5-6,8,10,16H,3-4,7,9H2,1-2H3/t10-/m1/s1. The maximum Gasteiger partial charge on any atom is 0.255 e. The summed E-state index contributed by atoms with van der Waals surface area (Å²) in [5.74, 6) is 0.394. The van der Waals surface area contributed by atoms with E-state index in [4.69, 9.17) is 11.6 Å².